The van der Waals surface area contributed by atoms with E-state index in [1.807, 2.05) is 13.2 Å². The predicted molar refractivity (Wildman–Crippen MR) is 101 cm³/mol. The van der Waals surface area contributed by atoms with Crippen LogP contribution >= 0.6 is 11.8 Å². The molecule has 1 aromatic carbocycles. The summed E-state index contributed by atoms with van der Waals surface area (Å²) in [6.07, 6.45) is 1.94. The van der Waals surface area contributed by atoms with Crippen LogP contribution in [0.4, 0.5) is 4.79 Å². The number of hydrogen-bond acceptors (Lipinski definition) is 6. The Labute approximate surface area is 157 Å². The van der Waals surface area contributed by atoms with Gasteiger partial charge in [-0.15, -0.1) is 0 Å². The van der Waals surface area contributed by atoms with Gasteiger partial charge in [-0.05, 0) is 37.8 Å². The van der Waals surface area contributed by atoms with Gasteiger partial charge in [0, 0.05) is 11.4 Å². The number of rotatable bonds is 8. The summed E-state index contributed by atoms with van der Waals surface area (Å²) in [4.78, 5) is 24.5. The molecule has 0 aromatic heterocycles. The van der Waals surface area contributed by atoms with Crippen LogP contribution in [0.1, 0.15) is 25.5 Å². The van der Waals surface area contributed by atoms with Gasteiger partial charge in [0.15, 0.2) is 11.5 Å². The fraction of sp³-hybridized carbons (Fsp3) is 0.444. The first-order valence-electron chi connectivity index (χ1n) is 8.26. The Morgan fingerprint density at radius 1 is 1.31 bits per heavy atom. The summed E-state index contributed by atoms with van der Waals surface area (Å²) in [6.45, 7) is 4.38. The van der Waals surface area contributed by atoms with Crippen molar-refractivity contribution < 1.29 is 23.8 Å². The van der Waals surface area contributed by atoms with E-state index in [9.17, 15) is 9.59 Å². The van der Waals surface area contributed by atoms with Crippen LogP contribution in [0.2, 0.25) is 0 Å². The molecule has 142 valence electrons. The van der Waals surface area contributed by atoms with E-state index in [1.165, 1.54) is 0 Å². The van der Waals surface area contributed by atoms with Crippen molar-refractivity contribution in [1.29, 1.82) is 0 Å². The zero-order valence-corrected chi connectivity index (χ0v) is 16.2. The van der Waals surface area contributed by atoms with Gasteiger partial charge in [0.05, 0.1) is 25.3 Å². The Balaban J connectivity index is 2.36. The largest absolute Gasteiger partial charge is 0.493 e. The highest BCUT2D eigenvalue weighted by atomic mass is 32.2. The quantitative estimate of drug-likeness (QED) is 0.533. The first-order chi connectivity index (χ1) is 12.5. The highest BCUT2D eigenvalue weighted by molar-refractivity contribution is 7.98. The Hall–Kier alpha value is -2.35. The maximum atomic E-state index is 12.6. The van der Waals surface area contributed by atoms with E-state index in [4.69, 9.17) is 14.2 Å². The Kier molecular flexibility index (Phi) is 7.20. The van der Waals surface area contributed by atoms with Crippen molar-refractivity contribution in [3.05, 3.63) is 35.0 Å². The van der Waals surface area contributed by atoms with Gasteiger partial charge in [-0.3, -0.25) is 0 Å². The molecule has 0 aliphatic carbocycles. The Morgan fingerprint density at radius 3 is 2.73 bits per heavy atom. The number of carbonyl (C=O) groups excluding carboxylic acids is 2. The minimum absolute atomic E-state index is 0.310. The lowest BCUT2D eigenvalue weighted by Crippen LogP contribution is -2.45. The summed E-state index contributed by atoms with van der Waals surface area (Å²) in [5.41, 5.74) is 1.55. The lowest BCUT2D eigenvalue weighted by molar-refractivity contribution is -0.138. The molecule has 2 rings (SSSR count). The summed E-state index contributed by atoms with van der Waals surface area (Å²) >= 11 is 1.59. The average Bonchev–Trinajstić information content (AvgIpc) is 2.61. The molecule has 0 spiro atoms. The number of amides is 2. The number of benzene rings is 1. The van der Waals surface area contributed by atoms with Gasteiger partial charge < -0.3 is 24.8 Å². The number of urea groups is 1. The van der Waals surface area contributed by atoms with Crippen molar-refractivity contribution in [3.63, 3.8) is 0 Å². The maximum absolute atomic E-state index is 12.6. The Morgan fingerprint density at radius 2 is 2.08 bits per heavy atom. The van der Waals surface area contributed by atoms with E-state index in [0.29, 0.717) is 47.3 Å². The first kappa shape index (κ1) is 20.0. The lowest BCUT2D eigenvalue weighted by Gasteiger charge is -2.28. The maximum Gasteiger partial charge on any atom is 0.338 e. The zero-order chi connectivity index (χ0) is 19.1. The fourth-order valence-electron chi connectivity index (χ4n) is 2.65. The average molecular weight is 380 g/mol. The van der Waals surface area contributed by atoms with E-state index in [1.54, 1.807) is 44.0 Å². The molecule has 0 bridgehead atoms. The molecule has 0 fully saturated rings. The van der Waals surface area contributed by atoms with Crippen molar-refractivity contribution in [2.24, 2.45) is 0 Å². The molecule has 8 heteroatoms. The molecule has 26 heavy (non-hydrogen) atoms. The molecular formula is C18H24N2O5S. The second-order valence-electron chi connectivity index (χ2n) is 5.54. The van der Waals surface area contributed by atoms with Crippen LogP contribution in [0, 0.1) is 0 Å². The Bertz CT molecular complexity index is 705. The van der Waals surface area contributed by atoms with E-state index in [2.05, 4.69) is 10.6 Å². The lowest BCUT2D eigenvalue weighted by atomic mass is 9.95. The number of allylic oxidation sites excluding steroid dienone is 1. The molecular weight excluding hydrogens is 356 g/mol. The number of ether oxygens (including phenoxy) is 3. The molecule has 1 aliphatic heterocycles. The summed E-state index contributed by atoms with van der Waals surface area (Å²) < 4.78 is 16.2. The summed E-state index contributed by atoms with van der Waals surface area (Å²) in [7, 11) is 1.54. The van der Waals surface area contributed by atoms with Crippen LogP contribution in [0.5, 0.6) is 11.5 Å². The number of methoxy groups -OCH3 is 1. The van der Waals surface area contributed by atoms with E-state index < -0.39 is 12.0 Å². The number of thioether (sulfide) groups is 1. The normalized spacial score (nSPS) is 16.6. The van der Waals surface area contributed by atoms with Crippen molar-refractivity contribution in [2.75, 3.05) is 32.3 Å². The van der Waals surface area contributed by atoms with E-state index >= 15 is 0 Å². The minimum atomic E-state index is -0.630. The molecule has 0 unspecified atom stereocenters. The standard InChI is InChI=1S/C18H24N2O5S/c1-5-24-13-7-6-12(10-14(13)23-3)16-15(11(2)19-18(22)20-16)17(21)25-8-9-26-4/h6-7,10,16H,5,8-9H2,1-4H3,(H2,19,20,22)/t16-/m1/s1. The van der Waals surface area contributed by atoms with Crippen molar-refractivity contribution in [1.82, 2.24) is 10.6 Å². The van der Waals surface area contributed by atoms with Gasteiger partial charge in [0.2, 0.25) is 0 Å². The summed E-state index contributed by atoms with van der Waals surface area (Å²) in [6, 6.07) is 4.31. The third kappa shape index (κ3) is 4.63. The molecule has 2 N–H and O–H groups in total. The van der Waals surface area contributed by atoms with E-state index in [-0.39, 0.29) is 6.03 Å². The van der Waals surface area contributed by atoms with Gasteiger partial charge in [-0.1, -0.05) is 6.07 Å². The third-order valence-electron chi connectivity index (χ3n) is 3.83. The zero-order valence-electron chi connectivity index (χ0n) is 15.4. The molecule has 0 radical (unpaired) electrons. The van der Waals surface area contributed by atoms with Gasteiger partial charge in [-0.25, -0.2) is 9.59 Å². The molecule has 1 aromatic rings. The molecule has 0 saturated heterocycles. The molecule has 7 nitrogen and oxygen atoms in total. The second-order valence-corrected chi connectivity index (χ2v) is 6.53. The van der Waals surface area contributed by atoms with Crippen LogP contribution in [0.15, 0.2) is 29.5 Å². The number of hydrogen-bond donors (Lipinski definition) is 2. The number of carbonyl (C=O) groups is 2. The summed E-state index contributed by atoms with van der Waals surface area (Å²) in [5.74, 6) is 1.38. The van der Waals surface area contributed by atoms with Crippen LogP contribution in [-0.2, 0) is 9.53 Å². The number of nitrogens with one attached hydrogen (secondary N) is 2. The highest BCUT2D eigenvalue weighted by Gasteiger charge is 2.32. The smallest absolute Gasteiger partial charge is 0.338 e. The predicted octanol–water partition coefficient (Wildman–Crippen LogP) is 2.63. The number of esters is 1. The molecule has 0 saturated carbocycles. The molecule has 1 atom stereocenters. The molecule has 1 aliphatic rings. The van der Waals surface area contributed by atoms with Gasteiger partial charge >= 0.3 is 12.0 Å². The topological polar surface area (TPSA) is 85.9 Å². The van der Waals surface area contributed by atoms with Crippen molar-refractivity contribution in [3.8, 4) is 11.5 Å². The van der Waals surface area contributed by atoms with Crippen LogP contribution < -0.4 is 20.1 Å². The fourth-order valence-corrected chi connectivity index (χ4v) is 2.90. The van der Waals surface area contributed by atoms with E-state index in [0.717, 1.165) is 0 Å². The minimum Gasteiger partial charge on any atom is -0.493 e. The van der Waals surface area contributed by atoms with Crippen LogP contribution in [0.3, 0.4) is 0 Å². The highest BCUT2D eigenvalue weighted by Crippen LogP contribution is 2.34. The van der Waals surface area contributed by atoms with Crippen molar-refractivity contribution in [2.45, 2.75) is 19.9 Å². The van der Waals surface area contributed by atoms with Crippen LogP contribution in [-0.4, -0.2) is 44.3 Å². The van der Waals surface area contributed by atoms with Gasteiger partial charge in [-0.2, -0.15) is 11.8 Å². The molecule has 2 amide bonds. The van der Waals surface area contributed by atoms with Gasteiger partial charge in [0.1, 0.15) is 6.61 Å². The third-order valence-corrected chi connectivity index (χ3v) is 4.41. The first-order valence-corrected chi connectivity index (χ1v) is 9.66. The summed E-state index contributed by atoms with van der Waals surface area (Å²) in [5, 5.41) is 5.41. The molecule has 1 heterocycles. The van der Waals surface area contributed by atoms with Gasteiger partial charge in [0.25, 0.3) is 0 Å². The van der Waals surface area contributed by atoms with Crippen molar-refractivity contribution >= 4 is 23.8 Å². The SMILES string of the molecule is CCOc1ccc([C@H]2NC(=O)NC(C)=C2C(=O)OCCSC)cc1OC. The van der Waals surface area contributed by atoms with Crippen LogP contribution in [0.25, 0.3) is 0 Å². The second kappa shape index (κ2) is 9.38. The monoisotopic (exact) mass is 380 g/mol.